The van der Waals surface area contributed by atoms with Crippen LogP contribution in [0.3, 0.4) is 0 Å². The van der Waals surface area contributed by atoms with Crippen molar-refractivity contribution in [3.8, 4) is 0 Å². The van der Waals surface area contributed by atoms with E-state index in [4.69, 9.17) is 4.42 Å². The third kappa shape index (κ3) is 4.06. The van der Waals surface area contributed by atoms with E-state index in [9.17, 15) is 4.79 Å². The SMILES string of the molecule is CN(C)C(CNC(=O)Cc1ccc2c(c1)CCCC2)c1ccco1. The Labute approximate surface area is 143 Å². The maximum Gasteiger partial charge on any atom is 0.224 e. The van der Waals surface area contributed by atoms with Gasteiger partial charge in [0.15, 0.2) is 0 Å². The molecule has 3 rings (SSSR count). The van der Waals surface area contributed by atoms with Gasteiger partial charge in [0.05, 0.1) is 18.7 Å². The summed E-state index contributed by atoms with van der Waals surface area (Å²) in [5.41, 5.74) is 3.98. The van der Waals surface area contributed by atoms with E-state index in [1.807, 2.05) is 26.2 Å². The zero-order valence-corrected chi connectivity index (χ0v) is 14.5. The lowest BCUT2D eigenvalue weighted by Gasteiger charge is -2.22. The molecule has 1 aromatic carbocycles. The summed E-state index contributed by atoms with van der Waals surface area (Å²) in [6, 6.07) is 10.4. The van der Waals surface area contributed by atoms with Gasteiger partial charge in [-0.1, -0.05) is 18.2 Å². The molecule has 4 heteroatoms. The molecule has 1 aliphatic carbocycles. The maximum atomic E-state index is 12.3. The number of carbonyl (C=O) groups is 1. The Hall–Kier alpha value is -2.07. The molecule has 1 heterocycles. The van der Waals surface area contributed by atoms with Gasteiger partial charge in [-0.05, 0) is 68.6 Å². The quantitative estimate of drug-likeness (QED) is 0.887. The number of rotatable bonds is 6. The average molecular weight is 326 g/mol. The Morgan fingerprint density at radius 2 is 2.00 bits per heavy atom. The highest BCUT2D eigenvalue weighted by Crippen LogP contribution is 2.22. The van der Waals surface area contributed by atoms with Crippen molar-refractivity contribution in [2.24, 2.45) is 0 Å². The second kappa shape index (κ2) is 7.67. The number of furan rings is 1. The van der Waals surface area contributed by atoms with E-state index < -0.39 is 0 Å². The molecular formula is C20H26N2O2. The number of benzene rings is 1. The highest BCUT2D eigenvalue weighted by atomic mass is 16.3. The van der Waals surface area contributed by atoms with Gasteiger partial charge in [-0.3, -0.25) is 9.69 Å². The molecule has 4 nitrogen and oxygen atoms in total. The largest absolute Gasteiger partial charge is 0.468 e. The molecule has 0 radical (unpaired) electrons. The second-order valence-electron chi connectivity index (χ2n) is 6.79. The van der Waals surface area contributed by atoms with Crippen LogP contribution in [0.5, 0.6) is 0 Å². The van der Waals surface area contributed by atoms with E-state index in [2.05, 4.69) is 28.4 Å². The van der Waals surface area contributed by atoms with Crippen LogP contribution in [0.2, 0.25) is 0 Å². The molecule has 0 saturated carbocycles. The van der Waals surface area contributed by atoms with Crippen LogP contribution in [-0.4, -0.2) is 31.4 Å². The van der Waals surface area contributed by atoms with Crippen LogP contribution in [0.25, 0.3) is 0 Å². The van der Waals surface area contributed by atoms with Crippen LogP contribution >= 0.6 is 0 Å². The normalized spacial score (nSPS) is 15.1. The van der Waals surface area contributed by atoms with Crippen molar-refractivity contribution in [2.75, 3.05) is 20.6 Å². The third-order valence-corrected chi connectivity index (χ3v) is 4.77. The fourth-order valence-corrected chi connectivity index (χ4v) is 3.37. The number of hydrogen-bond acceptors (Lipinski definition) is 3. The minimum Gasteiger partial charge on any atom is -0.468 e. The highest BCUT2D eigenvalue weighted by Gasteiger charge is 2.18. The average Bonchev–Trinajstić information content (AvgIpc) is 3.09. The van der Waals surface area contributed by atoms with Gasteiger partial charge >= 0.3 is 0 Å². The maximum absolute atomic E-state index is 12.3. The molecule has 0 spiro atoms. The van der Waals surface area contributed by atoms with Crippen molar-refractivity contribution in [3.05, 3.63) is 59.0 Å². The number of amides is 1. The van der Waals surface area contributed by atoms with Crippen LogP contribution in [0.1, 0.15) is 41.3 Å². The van der Waals surface area contributed by atoms with Crippen molar-refractivity contribution in [1.29, 1.82) is 0 Å². The van der Waals surface area contributed by atoms with E-state index >= 15 is 0 Å². The number of nitrogens with one attached hydrogen (secondary N) is 1. The van der Waals surface area contributed by atoms with E-state index in [-0.39, 0.29) is 11.9 Å². The summed E-state index contributed by atoms with van der Waals surface area (Å²) < 4.78 is 5.48. The molecule has 2 aromatic rings. The van der Waals surface area contributed by atoms with Gasteiger partial charge in [-0.15, -0.1) is 0 Å². The molecule has 0 saturated heterocycles. The Balaban J connectivity index is 1.57. The minimum atomic E-state index is 0.0486. The Kier molecular flexibility index (Phi) is 5.36. The minimum absolute atomic E-state index is 0.0486. The number of fused-ring (bicyclic) bond motifs is 1. The smallest absolute Gasteiger partial charge is 0.224 e. The lowest BCUT2D eigenvalue weighted by molar-refractivity contribution is -0.120. The summed E-state index contributed by atoms with van der Waals surface area (Å²) in [5, 5.41) is 3.04. The molecule has 0 fully saturated rings. The van der Waals surface area contributed by atoms with Crippen molar-refractivity contribution in [3.63, 3.8) is 0 Å². The van der Waals surface area contributed by atoms with Gasteiger partial charge < -0.3 is 9.73 Å². The summed E-state index contributed by atoms with van der Waals surface area (Å²) in [6.07, 6.45) is 6.97. The van der Waals surface area contributed by atoms with E-state index in [0.717, 1.165) is 17.7 Å². The Bertz CT molecular complexity index is 677. The number of aryl methyl sites for hydroxylation is 2. The molecule has 0 bridgehead atoms. The number of likely N-dealkylation sites (N-methyl/N-ethyl adjacent to an activating group) is 1. The standard InChI is InChI=1S/C20H26N2O2/c1-22(2)18(19-8-5-11-24-19)14-21-20(23)13-15-9-10-16-6-3-4-7-17(16)12-15/h5,8-12,18H,3-4,6-7,13-14H2,1-2H3,(H,21,23). The predicted octanol–water partition coefficient (Wildman–Crippen LogP) is 3.12. The van der Waals surface area contributed by atoms with Crippen molar-refractivity contribution in [1.82, 2.24) is 10.2 Å². The van der Waals surface area contributed by atoms with Crippen LogP contribution in [0.4, 0.5) is 0 Å². The van der Waals surface area contributed by atoms with Crippen molar-refractivity contribution < 1.29 is 9.21 Å². The Morgan fingerprint density at radius 1 is 1.21 bits per heavy atom. The van der Waals surface area contributed by atoms with Crippen LogP contribution in [0, 0.1) is 0 Å². The second-order valence-corrected chi connectivity index (χ2v) is 6.79. The van der Waals surface area contributed by atoms with Gasteiger partial charge in [0, 0.05) is 6.54 Å². The molecule has 128 valence electrons. The van der Waals surface area contributed by atoms with Gasteiger partial charge in [0.2, 0.25) is 5.91 Å². The molecule has 1 aliphatic rings. The molecule has 24 heavy (non-hydrogen) atoms. The van der Waals surface area contributed by atoms with Gasteiger partial charge in [0.25, 0.3) is 0 Å². The van der Waals surface area contributed by atoms with Gasteiger partial charge in [-0.2, -0.15) is 0 Å². The van der Waals surface area contributed by atoms with E-state index in [1.54, 1.807) is 6.26 Å². The van der Waals surface area contributed by atoms with Crippen LogP contribution in [0.15, 0.2) is 41.0 Å². The summed E-state index contributed by atoms with van der Waals surface area (Å²) >= 11 is 0. The summed E-state index contributed by atoms with van der Waals surface area (Å²) in [6.45, 7) is 0.546. The lowest BCUT2D eigenvalue weighted by Crippen LogP contribution is -2.35. The zero-order valence-electron chi connectivity index (χ0n) is 14.5. The molecule has 1 N–H and O–H groups in total. The molecule has 1 amide bonds. The number of carbonyl (C=O) groups excluding carboxylic acids is 1. The molecule has 1 atom stereocenters. The van der Waals surface area contributed by atoms with Gasteiger partial charge in [0.1, 0.15) is 5.76 Å². The Morgan fingerprint density at radius 3 is 2.71 bits per heavy atom. The highest BCUT2D eigenvalue weighted by molar-refractivity contribution is 5.78. The first-order valence-corrected chi connectivity index (χ1v) is 8.70. The molecular weight excluding hydrogens is 300 g/mol. The summed E-state index contributed by atoms with van der Waals surface area (Å²) in [7, 11) is 3.98. The lowest BCUT2D eigenvalue weighted by atomic mass is 9.90. The van der Waals surface area contributed by atoms with Crippen molar-refractivity contribution in [2.45, 2.75) is 38.1 Å². The van der Waals surface area contributed by atoms with Gasteiger partial charge in [-0.25, -0.2) is 0 Å². The van der Waals surface area contributed by atoms with Crippen molar-refractivity contribution >= 4 is 5.91 Å². The molecule has 0 aliphatic heterocycles. The number of hydrogen-bond donors (Lipinski definition) is 1. The zero-order chi connectivity index (χ0) is 16.9. The summed E-state index contributed by atoms with van der Waals surface area (Å²) in [4.78, 5) is 14.4. The van der Waals surface area contributed by atoms with E-state index in [1.165, 1.54) is 30.4 Å². The van der Waals surface area contributed by atoms with Crippen LogP contribution in [-0.2, 0) is 24.1 Å². The topological polar surface area (TPSA) is 45.5 Å². The molecule has 1 aromatic heterocycles. The monoisotopic (exact) mass is 326 g/mol. The molecule has 1 unspecified atom stereocenters. The first-order valence-electron chi connectivity index (χ1n) is 8.70. The van der Waals surface area contributed by atoms with E-state index in [0.29, 0.717) is 13.0 Å². The first kappa shape index (κ1) is 16.8. The number of nitrogens with zero attached hydrogens (tertiary/aromatic N) is 1. The summed E-state index contributed by atoms with van der Waals surface area (Å²) in [5.74, 6) is 0.929. The fourth-order valence-electron chi connectivity index (χ4n) is 3.37. The fraction of sp³-hybridized carbons (Fsp3) is 0.450. The van der Waals surface area contributed by atoms with Crippen LogP contribution < -0.4 is 5.32 Å². The first-order chi connectivity index (χ1) is 11.6. The predicted molar refractivity (Wildman–Crippen MR) is 94.9 cm³/mol. The third-order valence-electron chi connectivity index (χ3n) is 4.77.